The summed E-state index contributed by atoms with van der Waals surface area (Å²) in [5.41, 5.74) is 2.74. The van der Waals surface area contributed by atoms with Gasteiger partial charge in [0.05, 0.1) is 16.1 Å². The van der Waals surface area contributed by atoms with Crippen molar-refractivity contribution in [1.82, 2.24) is 15.5 Å². The van der Waals surface area contributed by atoms with Crippen molar-refractivity contribution in [3.63, 3.8) is 0 Å². The Bertz CT molecular complexity index is 837. The number of carbonyl (C=O) groups excluding carboxylic acids is 2. The van der Waals surface area contributed by atoms with Crippen LogP contribution in [0.4, 0.5) is 5.82 Å². The van der Waals surface area contributed by atoms with Crippen LogP contribution in [0.15, 0.2) is 4.99 Å². The van der Waals surface area contributed by atoms with E-state index in [4.69, 9.17) is 18.2 Å². The lowest BCUT2D eigenvalue weighted by Crippen LogP contribution is -2.30. The highest BCUT2D eigenvalue weighted by Gasteiger charge is 2.27. The highest BCUT2D eigenvalue weighted by atomic mass is 32.1. The van der Waals surface area contributed by atoms with E-state index in [-0.39, 0.29) is 20.5 Å². The minimum absolute atomic E-state index is 0. The molecule has 7 N–H and O–H groups in total. The first kappa shape index (κ1) is 44.4. The van der Waals surface area contributed by atoms with Crippen LogP contribution in [0, 0.1) is 5.92 Å². The van der Waals surface area contributed by atoms with Gasteiger partial charge in [-0.15, -0.1) is 0 Å². The second-order valence-corrected chi connectivity index (χ2v) is 8.65. The van der Waals surface area contributed by atoms with Crippen LogP contribution in [-0.2, 0) is 22.4 Å². The number of fused-ring (bicyclic) bond motifs is 1. The highest BCUT2D eigenvalue weighted by Crippen LogP contribution is 2.25. The number of ketones is 2. The lowest BCUT2D eigenvalue weighted by Gasteiger charge is -2.09. The van der Waals surface area contributed by atoms with E-state index in [1.807, 2.05) is 55.4 Å². The van der Waals surface area contributed by atoms with E-state index >= 15 is 0 Å². The average molecular weight is 658 g/mol. The number of carbonyl (C=O) groups is 2. The molecule has 0 saturated heterocycles. The van der Waals surface area contributed by atoms with Crippen molar-refractivity contribution in [2.24, 2.45) is 22.6 Å². The Kier molecular flexibility index (Phi) is 41.2. The molecular formula is C31H79N7O2S2. The number of anilines is 1. The van der Waals surface area contributed by atoms with Crippen LogP contribution in [0.2, 0.25) is 0 Å². The van der Waals surface area contributed by atoms with Crippen LogP contribution >= 0.6 is 24.4 Å². The number of thiocarbonyl (C=S) groups is 2. The number of Topliss-reactive ketones (excluding diaryl/α,β-unsaturated/α-hetero) is 2. The predicted molar refractivity (Wildman–Crippen MR) is 206 cm³/mol. The molecule has 11 heteroatoms. The molecule has 0 aromatic carbocycles. The molecule has 0 spiro atoms. The van der Waals surface area contributed by atoms with Crippen molar-refractivity contribution in [1.29, 1.82) is 0 Å². The molecule has 1 aromatic rings. The van der Waals surface area contributed by atoms with Gasteiger partial charge in [0, 0.05) is 63.2 Å². The second-order valence-electron chi connectivity index (χ2n) is 8.03. The molecule has 3 aliphatic carbocycles. The third-order valence-corrected chi connectivity index (χ3v) is 6.06. The van der Waals surface area contributed by atoms with Crippen molar-refractivity contribution >= 4 is 52.0 Å². The third kappa shape index (κ3) is 24.5. The van der Waals surface area contributed by atoms with Crippen molar-refractivity contribution in [3.05, 3.63) is 11.3 Å². The number of hydrogen-bond acceptors (Lipinski definition) is 9. The van der Waals surface area contributed by atoms with Gasteiger partial charge in [-0.3, -0.25) is 26.4 Å². The van der Waals surface area contributed by atoms with Gasteiger partial charge in [-0.2, -0.15) is 5.10 Å². The second kappa shape index (κ2) is 39.0. The fourth-order valence-corrected chi connectivity index (χ4v) is 4.38. The summed E-state index contributed by atoms with van der Waals surface area (Å²) in [5, 5.41) is 15.7. The van der Waals surface area contributed by atoms with E-state index in [2.05, 4.69) is 61.8 Å². The van der Waals surface area contributed by atoms with Crippen molar-refractivity contribution in [2.45, 2.75) is 134 Å². The molecule has 0 aliphatic heterocycles. The van der Waals surface area contributed by atoms with E-state index in [0.29, 0.717) is 11.6 Å². The third-order valence-electron chi connectivity index (χ3n) is 5.51. The lowest BCUT2D eigenvalue weighted by atomic mass is 10.1. The van der Waals surface area contributed by atoms with Crippen LogP contribution in [0.3, 0.4) is 0 Å². The first-order chi connectivity index (χ1) is 22.0. The van der Waals surface area contributed by atoms with Gasteiger partial charge >= 0.3 is 0 Å². The summed E-state index contributed by atoms with van der Waals surface area (Å²) >= 11 is 9.29. The van der Waals surface area contributed by atoms with Gasteiger partial charge in [-0.25, -0.2) is 4.99 Å². The zero-order chi connectivity index (χ0) is 36.5. The average Bonchev–Trinajstić information content (AvgIpc) is 3.93. The number of aryl methyl sites for hydroxylation is 1. The fraction of sp³-hybridized carbons (Fsp3) is 0.774. The molecule has 0 amide bonds. The molecule has 2 saturated carbocycles. The number of nitrogens with zero attached hydrogens (tertiary/aromatic N) is 2. The monoisotopic (exact) mass is 658 g/mol. The molecule has 9 nitrogen and oxygen atoms in total. The number of isothiocyanates is 1. The van der Waals surface area contributed by atoms with Gasteiger partial charge in [0.25, 0.3) is 0 Å². The summed E-state index contributed by atoms with van der Waals surface area (Å²) in [5.74, 6) is 9.87. The fourth-order valence-electron chi connectivity index (χ4n) is 3.86. The predicted octanol–water partition coefficient (Wildman–Crippen LogP) is 9.12. The number of aromatic nitrogens is 2. The summed E-state index contributed by atoms with van der Waals surface area (Å²) in [6.07, 6.45) is 10.3. The maximum atomic E-state index is 11.2. The van der Waals surface area contributed by atoms with Gasteiger partial charge in [0.2, 0.25) is 0 Å². The largest absolute Gasteiger partial charge is 0.379 e. The summed E-state index contributed by atoms with van der Waals surface area (Å²) in [4.78, 5) is 25.7. The van der Waals surface area contributed by atoms with Crippen molar-refractivity contribution in [3.8, 4) is 0 Å². The maximum absolute atomic E-state index is 11.2. The van der Waals surface area contributed by atoms with Crippen LogP contribution in [0.5, 0.6) is 0 Å². The number of hydrazine groups is 1. The summed E-state index contributed by atoms with van der Waals surface area (Å²) in [7, 11) is 0. The van der Waals surface area contributed by atoms with E-state index < -0.39 is 0 Å². The molecule has 3 aliphatic rings. The Morgan fingerprint density at radius 3 is 1.93 bits per heavy atom. The van der Waals surface area contributed by atoms with Crippen LogP contribution in [0.1, 0.15) is 145 Å². The zero-order valence-corrected chi connectivity index (χ0v) is 29.1. The number of H-pyrrole nitrogens is 1. The molecule has 0 radical (unpaired) electrons. The molecule has 1 unspecified atom stereocenters. The van der Waals surface area contributed by atoms with Gasteiger partial charge in [-0.1, -0.05) is 61.2 Å². The smallest absolute Gasteiger partial charge is 0.151 e. The molecule has 2 fully saturated rings. The first-order valence-electron chi connectivity index (χ1n) is 17.5. The quantitative estimate of drug-likeness (QED) is 0.0903. The van der Waals surface area contributed by atoms with E-state index in [1.165, 1.54) is 30.5 Å². The Balaban J connectivity index is -0.0000000358. The molecular weight excluding hydrogens is 567 g/mol. The Hall–Kier alpha value is -2.04. The lowest BCUT2D eigenvalue weighted by molar-refractivity contribution is -0.119. The van der Waals surface area contributed by atoms with Crippen LogP contribution in [-0.4, -0.2) is 51.5 Å². The molecule has 42 heavy (non-hydrogen) atoms. The van der Waals surface area contributed by atoms with Crippen molar-refractivity contribution < 1.29 is 22.7 Å². The van der Waals surface area contributed by atoms with Gasteiger partial charge in [-0.05, 0) is 77.9 Å². The Morgan fingerprint density at radius 2 is 1.57 bits per heavy atom. The minimum Gasteiger partial charge on any atom is -0.379 e. The number of hydrogen-bond donors (Lipinski definition) is 5. The molecule has 4 rings (SSSR count). The molecule has 1 heterocycles. The standard InChI is InChI=1S/C8H13N3.C8H13NOS.C5H8O.C3H5NS.3C2H6.CH4.H4N2.7H2/c1-2-9-8-6-4-3-5-7(6)10-11-8;1-2-9-8(11)6-4-3-5-7(6)10;6-5-3-1-2-4-5;1-2-4-3-5;3*1-2;;1-2;;;;;;;/h2-5H2,1H3,(H2,9,10,11);6H,2-5H2,1H3,(H,9,11);1-4H2;2H2,1H3;3*1-2H3;1H4;1-2H2;7*1H/i;;;;;;;;;2*1+2T;2*1+2;;;. The SMILES string of the molecule is C.CC.CC.CC.CCN=C=S.CCNC(=S)C1CCCC1=O.CCNc1n[nH]c2c1CCC2.NN.O=C1CCCC1.[3HH].[3HH].[3H][3H].[3H][3H].[HH].[HH].[HH]. The summed E-state index contributed by atoms with van der Waals surface area (Å²) < 4.78 is 20.0. The van der Waals surface area contributed by atoms with Crippen LogP contribution < -0.4 is 22.3 Å². The van der Waals surface area contributed by atoms with Crippen molar-refractivity contribution in [2.75, 3.05) is 25.0 Å². The summed E-state index contributed by atoms with van der Waals surface area (Å²) in [6, 6.07) is 0. The Labute approximate surface area is 282 Å². The highest BCUT2D eigenvalue weighted by molar-refractivity contribution is 7.80. The topological polar surface area (TPSA) is 151 Å². The number of aromatic amines is 1. The molecule has 262 valence electrons. The van der Waals surface area contributed by atoms with Gasteiger partial charge in [0.15, 0.2) is 5.82 Å². The number of rotatable bonds is 5. The van der Waals surface area contributed by atoms with E-state index in [0.717, 1.165) is 75.4 Å². The van der Waals surface area contributed by atoms with Gasteiger partial charge < -0.3 is 10.6 Å². The molecule has 1 atom stereocenters. The molecule has 0 bridgehead atoms. The number of nitrogens with one attached hydrogen (secondary N) is 3. The number of nitrogens with two attached hydrogens (primary N) is 2. The first-order valence-corrected chi connectivity index (χ1v) is 16.3. The molecule has 1 aromatic heterocycles. The Morgan fingerprint density at radius 1 is 1.00 bits per heavy atom. The summed E-state index contributed by atoms with van der Waals surface area (Å²) in [6.45, 7) is 20.5. The van der Waals surface area contributed by atoms with E-state index in [1.54, 1.807) is 0 Å². The van der Waals surface area contributed by atoms with E-state index in [9.17, 15) is 9.59 Å². The van der Waals surface area contributed by atoms with Gasteiger partial charge in [0.1, 0.15) is 11.6 Å². The minimum atomic E-state index is 0. The maximum Gasteiger partial charge on any atom is 0.151 e. The normalized spacial score (nSPS) is 15.0. The van der Waals surface area contributed by atoms with Crippen LogP contribution in [0.25, 0.3) is 0 Å². The zero-order valence-electron chi connectivity index (χ0n) is 31.5. The number of aliphatic imine (C=N–C) groups is 1.